The van der Waals surface area contributed by atoms with Crippen molar-refractivity contribution in [1.29, 1.82) is 0 Å². The zero-order chi connectivity index (χ0) is 13.1. The lowest BCUT2D eigenvalue weighted by atomic mass is 9.87. The van der Waals surface area contributed by atoms with Crippen LogP contribution >= 0.6 is 0 Å². The third-order valence-corrected chi connectivity index (χ3v) is 3.51. The lowest BCUT2D eigenvalue weighted by molar-refractivity contribution is -0.118. The Balaban J connectivity index is 4.06. The van der Waals surface area contributed by atoms with Gasteiger partial charge in [-0.05, 0) is 25.2 Å². The average Bonchev–Trinajstić information content (AvgIpc) is 2.35. The maximum absolute atomic E-state index is 11.3. The van der Waals surface area contributed by atoms with Gasteiger partial charge in [0.15, 0.2) is 0 Å². The van der Waals surface area contributed by atoms with E-state index in [0.717, 1.165) is 6.42 Å². The Morgan fingerprint density at radius 1 is 1.00 bits per heavy atom. The number of rotatable bonds is 11. The number of allylic oxidation sites excluding steroid dienone is 1. The van der Waals surface area contributed by atoms with Crippen LogP contribution in [0.2, 0.25) is 0 Å². The number of carbonyl (C=O) groups excluding carboxylic acids is 1. The molecule has 0 atom stereocenters. The van der Waals surface area contributed by atoms with Gasteiger partial charge in [0.05, 0.1) is 0 Å². The highest BCUT2D eigenvalue weighted by molar-refractivity contribution is 5.78. The van der Waals surface area contributed by atoms with Crippen LogP contribution in [0.3, 0.4) is 0 Å². The molecule has 1 nitrogen and oxygen atoms in total. The van der Waals surface area contributed by atoms with E-state index in [1.54, 1.807) is 0 Å². The van der Waals surface area contributed by atoms with Gasteiger partial charge >= 0.3 is 0 Å². The molecule has 0 aromatic rings. The van der Waals surface area contributed by atoms with Crippen molar-refractivity contribution >= 4 is 5.78 Å². The molecule has 0 rings (SSSR count). The molecule has 17 heavy (non-hydrogen) atoms. The SMILES string of the molecule is C=C(CCC(=O)CC)C(CCCC)CCCC. The predicted molar refractivity (Wildman–Crippen MR) is 76.2 cm³/mol. The van der Waals surface area contributed by atoms with E-state index in [1.807, 2.05) is 6.92 Å². The third kappa shape index (κ3) is 8.18. The standard InChI is InChI=1S/C16H30O/c1-5-8-10-15(11-9-6-2)14(4)12-13-16(17)7-3/h15H,4-13H2,1-3H3. The first-order valence-electron chi connectivity index (χ1n) is 7.34. The van der Waals surface area contributed by atoms with E-state index in [0.29, 0.717) is 24.5 Å². The fourth-order valence-electron chi connectivity index (χ4n) is 2.13. The maximum Gasteiger partial charge on any atom is 0.132 e. The molecule has 0 aliphatic carbocycles. The van der Waals surface area contributed by atoms with Crippen molar-refractivity contribution in [2.75, 3.05) is 0 Å². The fourth-order valence-corrected chi connectivity index (χ4v) is 2.13. The molecule has 0 fully saturated rings. The second-order valence-corrected chi connectivity index (χ2v) is 5.03. The van der Waals surface area contributed by atoms with Gasteiger partial charge in [0.1, 0.15) is 5.78 Å². The lowest BCUT2D eigenvalue weighted by Crippen LogP contribution is -2.06. The molecule has 0 heterocycles. The summed E-state index contributed by atoms with van der Waals surface area (Å²) in [7, 11) is 0. The van der Waals surface area contributed by atoms with E-state index in [4.69, 9.17) is 0 Å². The summed E-state index contributed by atoms with van der Waals surface area (Å²) in [6.45, 7) is 10.6. The number of hydrogen-bond donors (Lipinski definition) is 0. The summed E-state index contributed by atoms with van der Waals surface area (Å²) in [6, 6.07) is 0. The largest absolute Gasteiger partial charge is 0.300 e. The van der Waals surface area contributed by atoms with Crippen molar-refractivity contribution in [2.24, 2.45) is 5.92 Å². The fraction of sp³-hybridized carbons (Fsp3) is 0.812. The Hall–Kier alpha value is -0.590. The van der Waals surface area contributed by atoms with Crippen LogP contribution in [0, 0.1) is 5.92 Å². The molecular weight excluding hydrogens is 208 g/mol. The molecule has 0 N–H and O–H groups in total. The van der Waals surface area contributed by atoms with Gasteiger partial charge in [-0.25, -0.2) is 0 Å². The van der Waals surface area contributed by atoms with Crippen LogP contribution in [0.5, 0.6) is 0 Å². The van der Waals surface area contributed by atoms with Crippen LogP contribution in [-0.2, 0) is 4.79 Å². The minimum absolute atomic E-state index is 0.371. The van der Waals surface area contributed by atoms with Crippen LogP contribution in [0.25, 0.3) is 0 Å². The van der Waals surface area contributed by atoms with Gasteiger partial charge in [0.25, 0.3) is 0 Å². The molecule has 0 aliphatic rings. The van der Waals surface area contributed by atoms with Crippen LogP contribution in [0.4, 0.5) is 0 Å². The van der Waals surface area contributed by atoms with Gasteiger partial charge < -0.3 is 0 Å². The van der Waals surface area contributed by atoms with E-state index >= 15 is 0 Å². The monoisotopic (exact) mass is 238 g/mol. The minimum atomic E-state index is 0.371. The molecule has 0 unspecified atom stereocenters. The van der Waals surface area contributed by atoms with E-state index in [9.17, 15) is 4.79 Å². The number of unbranched alkanes of at least 4 members (excludes halogenated alkanes) is 2. The van der Waals surface area contributed by atoms with Crippen molar-refractivity contribution in [2.45, 2.75) is 78.6 Å². The molecule has 100 valence electrons. The normalized spacial score (nSPS) is 10.8. The van der Waals surface area contributed by atoms with Gasteiger partial charge in [0, 0.05) is 12.8 Å². The summed E-state index contributed by atoms with van der Waals surface area (Å²) in [5.41, 5.74) is 1.31. The first-order valence-corrected chi connectivity index (χ1v) is 7.34. The van der Waals surface area contributed by atoms with Gasteiger partial charge in [0.2, 0.25) is 0 Å². The first kappa shape index (κ1) is 16.4. The quantitative estimate of drug-likeness (QED) is 0.446. The number of ketones is 1. The summed E-state index contributed by atoms with van der Waals surface area (Å²) in [5, 5.41) is 0. The zero-order valence-corrected chi connectivity index (χ0v) is 12.1. The Labute approximate surface area is 108 Å². The predicted octanol–water partition coefficient (Wildman–Crippen LogP) is 5.30. The number of hydrogen-bond acceptors (Lipinski definition) is 1. The Bertz CT molecular complexity index is 210. The van der Waals surface area contributed by atoms with Gasteiger partial charge in [-0.3, -0.25) is 4.79 Å². The zero-order valence-electron chi connectivity index (χ0n) is 12.1. The lowest BCUT2D eigenvalue weighted by Gasteiger charge is -2.19. The second-order valence-electron chi connectivity index (χ2n) is 5.03. The van der Waals surface area contributed by atoms with E-state index in [-0.39, 0.29) is 0 Å². The molecule has 0 spiro atoms. The second kappa shape index (κ2) is 10.6. The smallest absolute Gasteiger partial charge is 0.132 e. The Kier molecular flexibility index (Phi) is 10.2. The minimum Gasteiger partial charge on any atom is -0.300 e. The van der Waals surface area contributed by atoms with Crippen molar-refractivity contribution in [1.82, 2.24) is 0 Å². The van der Waals surface area contributed by atoms with E-state index in [2.05, 4.69) is 20.4 Å². The molecule has 0 bridgehead atoms. The molecule has 0 aromatic heterocycles. The summed E-state index contributed by atoms with van der Waals surface area (Å²) in [4.78, 5) is 11.3. The number of carbonyl (C=O) groups is 1. The summed E-state index contributed by atoms with van der Waals surface area (Å²) in [6.07, 6.45) is 9.87. The van der Waals surface area contributed by atoms with Crippen molar-refractivity contribution in [3.63, 3.8) is 0 Å². The molecule has 0 saturated heterocycles. The van der Waals surface area contributed by atoms with Gasteiger partial charge in [-0.15, -0.1) is 0 Å². The van der Waals surface area contributed by atoms with Crippen molar-refractivity contribution < 1.29 is 4.79 Å². The van der Waals surface area contributed by atoms with Gasteiger partial charge in [-0.1, -0.05) is 58.6 Å². The van der Waals surface area contributed by atoms with Crippen molar-refractivity contribution in [3.05, 3.63) is 12.2 Å². The highest BCUT2D eigenvalue weighted by Crippen LogP contribution is 2.26. The summed E-state index contributed by atoms with van der Waals surface area (Å²) >= 11 is 0. The van der Waals surface area contributed by atoms with Crippen LogP contribution in [0.1, 0.15) is 78.6 Å². The molecule has 0 amide bonds. The molecule has 1 heteroatoms. The van der Waals surface area contributed by atoms with Gasteiger partial charge in [-0.2, -0.15) is 0 Å². The summed E-state index contributed by atoms with van der Waals surface area (Å²) in [5.74, 6) is 1.02. The van der Waals surface area contributed by atoms with E-state index < -0.39 is 0 Å². The summed E-state index contributed by atoms with van der Waals surface area (Å²) < 4.78 is 0. The molecule has 0 aromatic carbocycles. The van der Waals surface area contributed by atoms with E-state index in [1.165, 1.54) is 44.1 Å². The van der Waals surface area contributed by atoms with Crippen molar-refractivity contribution in [3.8, 4) is 0 Å². The third-order valence-electron chi connectivity index (χ3n) is 3.51. The first-order chi connectivity index (χ1) is 8.15. The highest BCUT2D eigenvalue weighted by Gasteiger charge is 2.12. The highest BCUT2D eigenvalue weighted by atomic mass is 16.1. The van der Waals surface area contributed by atoms with Crippen LogP contribution < -0.4 is 0 Å². The maximum atomic E-state index is 11.3. The average molecular weight is 238 g/mol. The Morgan fingerprint density at radius 2 is 1.53 bits per heavy atom. The topological polar surface area (TPSA) is 17.1 Å². The molecule has 0 aliphatic heterocycles. The molecular formula is C16H30O. The van der Waals surface area contributed by atoms with Crippen LogP contribution in [-0.4, -0.2) is 5.78 Å². The van der Waals surface area contributed by atoms with Crippen LogP contribution in [0.15, 0.2) is 12.2 Å². The molecule has 0 radical (unpaired) electrons. The number of Topliss-reactive ketones (excluding diaryl/α,β-unsaturated/α-hetero) is 1. The molecule has 0 saturated carbocycles. The Morgan fingerprint density at radius 3 is 1.94 bits per heavy atom.